The van der Waals surface area contributed by atoms with Crippen LogP contribution in [-0.2, 0) is 0 Å². The molecule has 140 valence electrons. The van der Waals surface area contributed by atoms with Crippen molar-refractivity contribution in [2.45, 2.75) is 13.8 Å². The van der Waals surface area contributed by atoms with Gasteiger partial charge in [0.25, 0.3) is 0 Å². The molecule has 5 rings (SSSR count). The summed E-state index contributed by atoms with van der Waals surface area (Å²) in [6.07, 6.45) is 0. The molecule has 0 aliphatic heterocycles. The predicted molar refractivity (Wildman–Crippen MR) is 119 cm³/mol. The number of hydrogen-bond donors (Lipinski definition) is 0. The van der Waals surface area contributed by atoms with E-state index < -0.39 is 0 Å². The number of aryl methyl sites for hydroxylation is 2. The molecule has 0 radical (unpaired) electrons. The molecular weight excluding hydrogens is 354 g/mol. The molecule has 0 aliphatic rings. The highest BCUT2D eigenvalue weighted by molar-refractivity contribution is 5.91. The lowest BCUT2D eigenvalue weighted by Gasteiger charge is -2.14. The van der Waals surface area contributed by atoms with Crippen LogP contribution >= 0.6 is 0 Å². The highest BCUT2D eigenvalue weighted by Crippen LogP contribution is 2.32. The van der Waals surface area contributed by atoms with Gasteiger partial charge in [0.1, 0.15) is 0 Å². The Labute approximate surface area is 170 Å². The Hall–Kier alpha value is -3.72. The molecule has 0 saturated carbocycles. The van der Waals surface area contributed by atoms with Gasteiger partial charge in [0, 0.05) is 16.5 Å². The third kappa shape index (κ3) is 3.11. The Bertz CT molecular complexity index is 1230. The van der Waals surface area contributed by atoms with Gasteiger partial charge in [0.05, 0.1) is 5.69 Å². The lowest BCUT2D eigenvalue weighted by Crippen LogP contribution is -2.01. The summed E-state index contributed by atoms with van der Waals surface area (Å²) >= 11 is 0. The van der Waals surface area contributed by atoms with E-state index in [9.17, 15) is 0 Å². The van der Waals surface area contributed by atoms with Gasteiger partial charge in [-0.25, -0.2) is 0 Å². The maximum absolute atomic E-state index is 4.61. The summed E-state index contributed by atoms with van der Waals surface area (Å²) in [4.78, 5) is 0. The Balaban J connectivity index is 1.82. The predicted octanol–water partition coefficient (Wildman–Crippen LogP) is 6.37. The van der Waals surface area contributed by atoms with Crippen LogP contribution < -0.4 is 0 Å². The number of fused-ring (bicyclic) bond motifs is 1. The summed E-state index contributed by atoms with van der Waals surface area (Å²) in [6.45, 7) is 4.19. The summed E-state index contributed by atoms with van der Waals surface area (Å²) in [6, 6.07) is 31.7. The van der Waals surface area contributed by atoms with Gasteiger partial charge >= 0.3 is 0 Å². The number of hydrogen-bond acceptors (Lipinski definition) is 2. The molecule has 0 saturated heterocycles. The molecular formula is C26H21N3. The van der Waals surface area contributed by atoms with E-state index in [1.54, 1.807) is 0 Å². The Morgan fingerprint density at radius 2 is 1.07 bits per heavy atom. The third-order valence-electron chi connectivity index (χ3n) is 5.29. The lowest BCUT2D eigenvalue weighted by atomic mass is 10.1. The minimum atomic E-state index is 0.844. The van der Waals surface area contributed by atoms with Crippen LogP contribution in [0.1, 0.15) is 11.1 Å². The Kier molecular flexibility index (Phi) is 4.21. The van der Waals surface area contributed by atoms with E-state index in [2.05, 4.69) is 120 Å². The fourth-order valence-corrected chi connectivity index (χ4v) is 3.69. The standard InChI is InChI=1S/C26H21N3/c1-18-10-14-21(15-11-18)25-27-28-26(22-16-12-19(2)13-17-22)29(25)24-9-5-7-20-6-3-4-8-23(20)24/h3-17H,1-2H3. The second-order valence-corrected chi connectivity index (χ2v) is 7.41. The monoisotopic (exact) mass is 375 g/mol. The summed E-state index contributed by atoms with van der Waals surface area (Å²) in [5.41, 5.74) is 5.63. The zero-order valence-corrected chi connectivity index (χ0v) is 16.5. The largest absolute Gasteiger partial charge is 0.274 e. The molecule has 3 heteroatoms. The van der Waals surface area contributed by atoms with Crippen LogP contribution in [0.5, 0.6) is 0 Å². The molecule has 0 spiro atoms. The van der Waals surface area contributed by atoms with E-state index in [0.29, 0.717) is 0 Å². The van der Waals surface area contributed by atoms with Gasteiger partial charge in [-0.3, -0.25) is 4.57 Å². The molecule has 0 atom stereocenters. The number of rotatable bonds is 3. The molecule has 0 amide bonds. The van der Waals surface area contributed by atoms with E-state index in [-0.39, 0.29) is 0 Å². The summed E-state index contributed by atoms with van der Waals surface area (Å²) in [7, 11) is 0. The molecule has 1 heterocycles. The van der Waals surface area contributed by atoms with Crippen molar-refractivity contribution in [1.82, 2.24) is 14.8 Å². The molecule has 0 aliphatic carbocycles. The minimum Gasteiger partial charge on any atom is -0.274 e. The topological polar surface area (TPSA) is 30.7 Å². The number of nitrogens with zero attached hydrogens (tertiary/aromatic N) is 3. The van der Waals surface area contributed by atoms with Crippen molar-refractivity contribution in [3.8, 4) is 28.5 Å². The van der Waals surface area contributed by atoms with E-state index in [4.69, 9.17) is 0 Å². The van der Waals surface area contributed by atoms with Crippen molar-refractivity contribution in [2.24, 2.45) is 0 Å². The van der Waals surface area contributed by atoms with Crippen LogP contribution in [0, 0.1) is 13.8 Å². The van der Waals surface area contributed by atoms with Crippen LogP contribution in [0.3, 0.4) is 0 Å². The molecule has 0 N–H and O–H groups in total. The van der Waals surface area contributed by atoms with E-state index in [1.165, 1.54) is 21.9 Å². The SMILES string of the molecule is Cc1ccc(-c2nnc(-c3ccc(C)cc3)n2-c2cccc3ccccc23)cc1. The van der Waals surface area contributed by atoms with Crippen molar-refractivity contribution >= 4 is 10.8 Å². The van der Waals surface area contributed by atoms with Crippen molar-refractivity contribution in [2.75, 3.05) is 0 Å². The Morgan fingerprint density at radius 1 is 0.552 bits per heavy atom. The van der Waals surface area contributed by atoms with Crippen molar-refractivity contribution < 1.29 is 0 Å². The van der Waals surface area contributed by atoms with Crippen molar-refractivity contribution in [3.63, 3.8) is 0 Å². The maximum Gasteiger partial charge on any atom is 0.168 e. The first-order valence-electron chi connectivity index (χ1n) is 9.78. The van der Waals surface area contributed by atoms with Gasteiger partial charge < -0.3 is 0 Å². The smallest absolute Gasteiger partial charge is 0.168 e. The average molecular weight is 375 g/mol. The molecule has 1 aromatic heterocycles. The van der Waals surface area contributed by atoms with Crippen molar-refractivity contribution in [3.05, 3.63) is 102 Å². The first-order chi connectivity index (χ1) is 14.2. The number of benzene rings is 4. The summed E-state index contributed by atoms with van der Waals surface area (Å²) < 4.78 is 2.18. The first-order valence-corrected chi connectivity index (χ1v) is 9.78. The van der Waals surface area contributed by atoms with Crippen molar-refractivity contribution in [1.29, 1.82) is 0 Å². The fourth-order valence-electron chi connectivity index (χ4n) is 3.69. The average Bonchev–Trinajstić information content (AvgIpc) is 3.19. The van der Waals surface area contributed by atoms with Gasteiger partial charge in [0.2, 0.25) is 0 Å². The van der Waals surface area contributed by atoms with Crippen LogP contribution in [-0.4, -0.2) is 14.8 Å². The molecule has 4 aromatic carbocycles. The first kappa shape index (κ1) is 17.4. The molecule has 0 unspecified atom stereocenters. The Morgan fingerprint density at radius 3 is 1.66 bits per heavy atom. The van der Waals surface area contributed by atoms with Gasteiger partial charge in [0.15, 0.2) is 11.6 Å². The van der Waals surface area contributed by atoms with E-state index in [1.807, 2.05) is 0 Å². The molecule has 0 fully saturated rings. The second kappa shape index (κ2) is 7.02. The summed E-state index contributed by atoms with van der Waals surface area (Å²) in [5.74, 6) is 1.69. The van der Waals surface area contributed by atoms with E-state index >= 15 is 0 Å². The van der Waals surface area contributed by atoms with Gasteiger partial charge in [-0.05, 0) is 25.3 Å². The second-order valence-electron chi connectivity index (χ2n) is 7.41. The molecule has 29 heavy (non-hydrogen) atoms. The highest BCUT2D eigenvalue weighted by atomic mass is 15.3. The van der Waals surface area contributed by atoms with Gasteiger partial charge in [-0.15, -0.1) is 10.2 Å². The third-order valence-corrected chi connectivity index (χ3v) is 5.29. The van der Waals surface area contributed by atoms with Gasteiger partial charge in [-0.2, -0.15) is 0 Å². The van der Waals surface area contributed by atoms with Crippen LogP contribution in [0.15, 0.2) is 91.0 Å². The molecule has 3 nitrogen and oxygen atoms in total. The molecule has 0 bridgehead atoms. The van der Waals surface area contributed by atoms with Crippen LogP contribution in [0.2, 0.25) is 0 Å². The summed E-state index contributed by atoms with van der Waals surface area (Å²) in [5, 5.41) is 11.6. The lowest BCUT2D eigenvalue weighted by molar-refractivity contribution is 1.08. The maximum atomic E-state index is 4.61. The van der Waals surface area contributed by atoms with Gasteiger partial charge in [-0.1, -0.05) is 96.1 Å². The van der Waals surface area contributed by atoms with E-state index in [0.717, 1.165) is 28.5 Å². The molecule has 5 aromatic rings. The quantitative estimate of drug-likeness (QED) is 0.367. The normalized spacial score (nSPS) is 11.1. The van der Waals surface area contributed by atoms with Crippen LogP contribution in [0.25, 0.3) is 39.2 Å². The highest BCUT2D eigenvalue weighted by Gasteiger charge is 2.18. The zero-order chi connectivity index (χ0) is 19.8. The number of aromatic nitrogens is 3. The zero-order valence-electron chi connectivity index (χ0n) is 16.5. The fraction of sp³-hybridized carbons (Fsp3) is 0.0769. The minimum absolute atomic E-state index is 0.844. The van der Waals surface area contributed by atoms with Crippen LogP contribution in [0.4, 0.5) is 0 Å².